The first-order valence-corrected chi connectivity index (χ1v) is 2.59. The Bertz CT molecular complexity index is 79.4. The van der Waals surface area contributed by atoms with Gasteiger partial charge in [0.05, 0.1) is 18.8 Å². The maximum Gasteiger partial charge on any atom is 0.438 e. The van der Waals surface area contributed by atoms with Gasteiger partial charge in [0.2, 0.25) is 0 Å². The molecule has 1 rings (SSSR count). The van der Waals surface area contributed by atoms with E-state index in [9.17, 15) is 0 Å². The molecule has 3 nitrogen and oxygen atoms in total. The summed E-state index contributed by atoms with van der Waals surface area (Å²) in [5.41, 5.74) is -0.431. The van der Waals surface area contributed by atoms with Crippen LogP contribution in [0.5, 0.6) is 0 Å². The molecule has 0 spiro atoms. The zero-order chi connectivity index (χ0) is 6.04. The number of rotatable bonds is 1. The van der Waals surface area contributed by atoms with Crippen LogP contribution in [0.15, 0.2) is 0 Å². The van der Waals surface area contributed by atoms with E-state index in [1.807, 2.05) is 6.92 Å². The number of aliphatic hydroxyl groups excluding tert-OH is 1. The van der Waals surface area contributed by atoms with Crippen LogP contribution in [0.3, 0.4) is 0 Å². The van der Waals surface area contributed by atoms with Crippen molar-refractivity contribution in [2.75, 3.05) is 13.2 Å². The molecule has 46 valence electrons. The highest BCUT2D eigenvalue weighted by Crippen LogP contribution is 2.13. The standard InChI is InChI=1S/C4H9BO3/c1-4(2-6)3-7-5-8-4/h5-6H,2-3H2,1H3. The Labute approximate surface area is 48.9 Å². The van der Waals surface area contributed by atoms with Crippen LogP contribution in [-0.2, 0) is 9.31 Å². The molecular weight excluding hydrogens is 107 g/mol. The molecule has 0 amide bonds. The highest BCUT2D eigenvalue weighted by atomic mass is 16.6. The maximum atomic E-state index is 8.62. The zero-order valence-electron chi connectivity index (χ0n) is 4.89. The Hall–Kier alpha value is -0.0551. The van der Waals surface area contributed by atoms with E-state index in [1.165, 1.54) is 0 Å². The summed E-state index contributed by atoms with van der Waals surface area (Å²) in [6.07, 6.45) is 0. The predicted molar refractivity (Wildman–Crippen MR) is 29.7 cm³/mol. The van der Waals surface area contributed by atoms with E-state index in [-0.39, 0.29) is 6.61 Å². The number of aliphatic hydroxyl groups is 1. The lowest BCUT2D eigenvalue weighted by Gasteiger charge is -2.17. The Morgan fingerprint density at radius 2 is 2.62 bits per heavy atom. The van der Waals surface area contributed by atoms with Crippen LogP contribution in [0.25, 0.3) is 0 Å². The summed E-state index contributed by atoms with van der Waals surface area (Å²) in [5, 5.41) is 8.62. The van der Waals surface area contributed by atoms with Crippen molar-refractivity contribution in [3.05, 3.63) is 0 Å². The monoisotopic (exact) mass is 116 g/mol. The first-order chi connectivity index (χ1) is 3.77. The van der Waals surface area contributed by atoms with E-state index in [0.717, 1.165) is 0 Å². The van der Waals surface area contributed by atoms with Gasteiger partial charge in [-0.2, -0.15) is 0 Å². The average Bonchev–Trinajstić information content (AvgIpc) is 2.17. The van der Waals surface area contributed by atoms with Crippen molar-refractivity contribution in [1.82, 2.24) is 0 Å². The summed E-state index contributed by atoms with van der Waals surface area (Å²) in [6, 6.07) is 0. The molecule has 1 heterocycles. The largest absolute Gasteiger partial charge is 0.438 e. The van der Waals surface area contributed by atoms with Crippen molar-refractivity contribution in [2.45, 2.75) is 12.5 Å². The van der Waals surface area contributed by atoms with Crippen molar-refractivity contribution in [1.29, 1.82) is 0 Å². The zero-order valence-corrected chi connectivity index (χ0v) is 4.89. The fourth-order valence-electron chi connectivity index (χ4n) is 0.574. The minimum atomic E-state index is -0.431. The SMILES string of the molecule is CC1(CO)COBO1. The molecule has 0 bridgehead atoms. The Morgan fingerprint density at radius 3 is 2.88 bits per heavy atom. The van der Waals surface area contributed by atoms with Gasteiger partial charge in [0.25, 0.3) is 0 Å². The van der Waals surface area contributed by atoms with Gasteiger partial charge in [0, 0.05) is 0 Å². The molecule has 0 aromatic rings. The molecule has 0 saturated carbocycles. The van der Waals surface area contributed by atoms with Crippen LogP contribution < -0.4 is 0 Å². The fourth-order valence-corrected chi connectivity index (χ4v) is 0.574. The summed E-state index contributed by atoms with van der Waals surface area (Å²) in [6.45, 7) is 2.36. The molecule has 1 unspecified atom stereocenters. The third kappa shape index (κ3) is 1.02. The predicted octanol–water partition coefficient (Wildman–Crippen LogP) is -0.949. The molecule has 1 saturated heterocycles. The van der Waals surface area contributed by atoms with Crippen LogP contribution >= 0.6 is 0 Å². The summed E-state index contributed by atoms with van der Waals surface area (Å²) >= 11 is 0. The van der Waals surface area contributed by atoms with Gasteiger partial charge < -0.3 is 14.4 Å². The van der Waals surface area contributed by atoms with Crippen molar-refractivity contribution in [2.24, 2.45) is 0 Å². The lowest BCUT2D eigenvalue weighted by molar-refractivity contribution is 0.0436. The molecule has 1 fully saturated rings. The minimum Gasteiger partial charge on any atom is -0.411 e. The molecule has 1 aliphatic rings. The third-order valence-electron chi connectivity index (χ3n) is 1.23. The van der Waals surface area contributed by atoms with Crippen molar-refractivity contribution in [3.8, 4) is 0 Å². The van der Waals surface area contributed by atoms with Crippen molar-refractivity contribution < 1.29 is 14.4 Å². The molecule has 1 N–H and O–H groups in total. The maximum absolute atomic E-state index is 8.62. The van der Waals surface area contributed by atoms with Crippen molar-refractivity contribution in [3.63, 3.8) is 0 Å². The Morgan fingerprint density at radius 1 is 1.88 bits per heavy atom. The molecule has 0 aliphatic carbocycles. The Kier molecular flexibility index (Phi) is 1.55. The first kappa shape index (κ1) is 6.07. The van der Waals surface area contributed by atoms with Crippen LogP contribution in [0.2, 0.25) is 0 Å². The molecule has 0 aromatic heterocycles. The lowest BCUT2D eigenvalue weighted by atomic mass is 10.1. The van der Waals surface area contributed by atoms with E-state index >= 15 is 0 Å². The smallest absolute Gasteiger partial charge is 0.411 e. The normalized spacial score (nSPS) is 37.2. The fraction of sp³-hybridized carbons (Fsp3) is 1.00. The van der Waals surface area contributed by atoms with Gasteiger partial charge in [-0.15, -0.1) is 0 Å². The van der Waals surface area contributed by atoms with E-state index in [0.29, 0.717) is 14.3 Å². The second-order valence-electron chi connectivity index (χ2n) is 2.22. The molecule has 1 atom stereocenters. The summed E-state index contributed by atoms with van der Waals surface area (Å²) in [4.78, 5) is 0. The molecule has 4 heteroatoms. The van der Waals surface area contributed by atoms with Crippen LogP contribution in [0.4, 0.5) is 0 Å². The molecule has 8 heavy (non-hydrogen) atoms. The number of hydrogen-bond acceptors (Lipinski definition) is 3. The van der Waals surface area contributed by atoms with Gasteiger partial charge in [-0.1, -0.05) is 0 Å². The molecule has 0 aromatic carbocycles. The first-order valence-electron chi connectivity index (χ1n) is 2.59. The Balaban J connectivity index is 2.40. The third-order valence-corrected chi connectivity index (χ3v) is 1.23. The van der Waals surface area contributed by atoms with Gasteiger partial charge in [0.1, 0.15) is 0 Å². The highest BCUT2D eigenvalue weighted by Gasteiger charge is 2.29. The van der Waals surface area contributed by atoms with Crippen LogP contribution in [0.1, 0.15) is 6.92 Å². The quantitative estimate of drug-likeness (QED) is 0.449. The number of hydrogen-bond donors (Lipinski definition) is 1. The topological polar surface area (TPSA) is 38.7 Å². The second kappa shape index (κ2) is 2.05. The molecule has 1 aliphatic heterocycles. The van der Waals surface area contributed by atoms with Gasteiger partial charge in [-0.05, 0) is 6.92 Å². The van der Waals surface area contributed by atoms with E-state index < -0.39 is 5.60 Å². The van der Waals surface area contributed by atoms with E-state index in [1.54, 1.807) is 0 Å². The van der Waals surface area contributed by atoms with Gasteiger partial charge >= 0.3 is 7.69 Å². The summed E-state index contributed by atoms with van der Waals surface area (Å²) < 4.78 is 9.89. The summed E-state index contributed by atoms with van der Waals surface area (Å²) in [7, 11) is 0.317. The lowest BCUT2D eigenvalue weighted by Crippen LogP contribution is -2.31. The molecule has 0 radical (unpaired) electrons. The van der Waals surface area contributed by atoms with Gasteiger partial charge in [0.15, 0.2) is 0 Å². The van der Waals surface area contributed by atoms with Gasteiger partial charge in [-0.25, -0.2) is 0 Å². The van der Waals surface area contributed by atoms with Crippen LogP contribution in [-0.4, -0.2) is 31.6 Å². The van der Waals surface area contributed by atoms with Gasteiger partial charge in [-0.3, -0.25) is 0 Å². The molecular formula is C4H9BO3. The highest BCUT2D eigenvalue weighted by molar-refractivity contribution is 6.19. The van der Waals surface area contributed by atoms with Crippen LogP contribution in [0, 0.1) is 0 Å². The van der Waals surface area contributed by atoms with Crippen molar-refractivity contribution >= 4 is 7.69 Å². The van der Waals surface area contributed by atoms with E-state index in [2.05, 4.69) is 0 Å². The summed E-state index contributed by atoms with van der Waals surface area (Å²) in [5.74, 6) is 0. The minimum absolute atomic E-state index is 0.0347. The van der Waals surface area contributed by atoms with E-state index in [4.69, 9.17) is 14.4 Å². The second-order valence-corrected chi connectivity index (χ2v) is 2.22. The average molecular weight is 116 g/mol.